The predicted octanol–water partition coefficient (Wildman–Crippen LogP) is 4.48. The van der Waals surface area contributed by atoms with Crippen molar-refractivity contribution in [2.45, 2.75) is 33.8 Å². The van der Waals surface area contributed by atoms with Gasteiger partial charge in [0.15, 0.2) is 0 Å². The van der Waals surface area contributed by atoms with Crippen molar-refractivity contribution in [3.8, 4) is 5.75 Å². The van der Waals surface area contributed by atoms with Crippen LogP contribution in [-0.2, 0) is 14.3 Å². The number of benzene rings is 2. The Balaban J connectivity index is 1.91. The Kier molecular flexibility index (Phi) is 7.64. The van der Waals surface area contributed by atoms with Gasteiger partial charge < -0.3 is 14.8 Å². The van der Waals surface area contributed by atoms with Gasteiger partial charge in [0.2, 0.25) is 0 Å². The number of hydrogen-bond donors (Lipinski definition) is 1. The number of nitrogens with zero attached hydrogens (tertiary/aromatic N) is 1. The Morgan fingerprint density at radius 1 is 1.00 bits per heavy atom. The number of carbonyl (C=O) groups is 2. The van der Waals surface area contributed by atoms with Crippen LogP contribution in [0, 0.1) is 11.7 Å². The smallest absolute Gasteiger partial charge is 0.278 e. The van der Waals surface area contributed by atoms with Crippen molar-refractivity contribution in [1.29, 1.82) is 0 Å². The first-order chi connectivity index (χ1) is 15.3. The number of halogens is 1. The molecule has 0 aromatic heterocycles. The molecule has 0 spiro atoms. The number of carbonyl (C=O) groups excluding carboxylic acids is 2. The van der Waals surface area contributed by atoms with E-state index in [9.17, 15) is 14.0 Å². The second-order valence-corrected chi connectivity index (χ2v) is 8.30. The molecular formula is C25H29FN2O4. The lowest BCUT2D eigenvalue weighted by Crippen LogP contribution is -2.35. The number of imide groups is 1. The lowest BCUT2D eigenvalue weighted by Gasteiger charge is -2.16. The van der Waals surface area contributed by atoms with Crippen LogP contribution in [0.4, 0.5) is 10.1 Å². The normalized spacial score (nSPS) is 14.2. The van der Waals surface area contributed by atoms with Crippen LogP contribution in [0.1, 0.15) is 33.3 Å². The third-order valence-electron chi connectivity index (χ3n) is 4.75. The van der Waals surface area contributed by atoms with E-state index < -0.39 is 17.6 Å². The van der Waals surface area contributed by atoms with Crippen molar-refractivity contribution >= 4 is 23.1 Å². The van der Waals surface area contributed by atoms with E-state index in [1.807, 2.05) is 13.8 Å². The van der Waals surface area contributed by atoms with Crippen molar-refractivity contribution in [3.63, 3.8) is 0 Å². The highest BCUT2D eigenvalue weighted by Gasteiger charge is 2.39. The molecule has 170 valence electrons. The maximum absolute atomic E-state index is 13.7. The van der Waals surface area contributed by atoms with Crippen LogP contribution >= 0.6 is 0 Å². The highest BCUT2D eigenvalue weighted by molar-refractivity contribution is 6.36. The predicted molar refractivity (Wildman–Crippen MR) is 122 cm³/mol. The Labute approximate surface area is 188 Å². The Morgan fingerprint density at radius 2 is 1.72 bits per heavy atom. The number of nitrogens with one attached hydrogen (secondary N) is 1. The SMILES string of the molecule is CC(C)COc1ccc(C2=C(Nc3cccc(F)c3)C(=O)N(CCOC(C)C)C2=O)cc1. The van der Waals surface area contributed by atoms with Crippen LogP contribution in [-0.4, -0.2) is 42.6 Å². The van der Waals surface area contributed by atoms with Gasteiger partial charge in [-0.15, -0.1) is 0 Å². The molecule has 0 unspecified atom stereocenters. The van der Waals surface area contributed by atoms with E-state index in [4.69, 9.17) is 9.47 Å². The van der Waals surface area contributed by atoms with Gasteiger partial charge in [-0.05, 0) is 55.7 Å². The molecule has 0 aliphatic carbocycles. The molecule has 1 aliphatic heterocycles. The molecule has 0 saturated heterocycles. The van der Waals surface area contributed by atoms with Gasteiger partial charge in [-0.2, -0.15) is 0 Å². The fourth-order valence-corrected chi connectivity index (χ4v) is 3.23. The van der Waals surface area contributed by atoms with Crippen LogP contribution in [0.5, 0.6) is 5.75 Å². The van der Waals surface area contributed by atoms with Crippen molar-refractivity contribution in [2.75, 3.05) is 25.1 Å². The summed E-state index contributed by atoms with van der Waals surface area (Å²) in [6, 6.07) is 12.8. The Hall–Kier alpha value is -3.19. The first-order valence-electron chi connectivity index (χ1n) is 10.7. The summed E-state index contributed by atoms with van der Waals surface area (Å²) in [5.74, 6) is -0.265. The lowest BCUT2D eigenvalue weighted by molar-refractivity contribution is -0.137. The van der Waals surface area contributed by atoms with Crippen LogP contribution in [0.3, 0.4) is 0 Å². The standard InChI is InChI=1S/C25H29FN2O4/c1-16(2)15-32-21-10-8-18(9-11-21)22-23(27-20-7-5-6-19(26)14-20)25(30)28(24(22)29)12-13-31-17(3)4/h5-11,14,16-17,27H,12-13,15H2,1-4H3. The van der Waals surface area contributed by atoms with E-state index in [0.717, 1.165) is 4.90 Å². The highest BCUT2D eigenvalue weighted by atomic mass is 19.1. The molecule has 2 aromatic rings. The van der Waals surface area contributed by atoms with Gasteiger partial charge >= 0.3 is 0 Å². The average Bonchev–Trinajstić information content (AvgIpc) is 2.96. The molecule has 1 aliphatic rings. The number of anilines is 1. The minimum Gasteiger partial charge on any atom is -0.493 e. The molecule has 0 radical (unpaired) electrons. The van der Waals surface area contributed by atoms with Crippen LogP contribution < -0.4 is 10.1 Å². The fourth-order valence-electron chi connectivity index (χ4n) is 3.23. The number of amides is 2. The molecule has 3 rings (SSSR count). The summed E-state index contributed by atoms with van der Waals surface area (Å²) < 4.78 is 24.9. The Bertz CT molecular complexity index is 999. The molecule has 2 aromatic carbocycles. The molecule has 0 fully saturated rings. The highest BCUT2D eigenvalue weighted by Crippen LogP contribution is 2.31. The first-order valence-corrected chi connectivity index (χ1v) is 10.7. The molecule has 1 N–H and O–H groups in total. The fraction of sp³-hybridized carbons (Fsp3) is 0.360. The summed E-state index contributed by atoms with van der Waals surface area (Å²) in [5.41, 5.74) is 1.31. The maximum atomic E-state index is 13.7. The van der Waals surface area contributed by atoms with E-state index in [-0.39, 0.29) is 30.5 Å². The summed E-state index contributed by atoms with van der Waals surface area (Å²) in [5, 5.41) is 2.95. The van der Waals surface area contributed by atoms with Gasteiger partial charge in [-0.3, -0.25) is 14.5 Å². The largest absolute Gasteiger partial charge is 0.493 e. The maximum Gasteiger partial charge on any atom is 0.278 e. The number of rotatable bonds is 10. The number of hydrogen-bond acceptors (Lipinski definition) is 5. The van der Waals surface area contributed by atoms with E-state index in [0.29, 0.717) is 29.5 Å². The van der Waals surface area contributed by atoms with Gasteiger partial charge in [0.1, 0.15) is 17.3 Å². The lowest BCUT2D eigenvalue weighted by atomic mass is 10.0. The number of ether oxygens (including phenoxy) is 2. The first kappa shape index (κ1) is 23.5. The van der Waals surface area contributed by atoms with E-state index >= 15 is 0 Å². The topological polar surface area (TPSA) is 67.9 Å². The van der Waals surface area contributed by atoms with E-state index in [2.05, 4.69) is 19.2 Å². The molecule has 7 heteroatoms. The second-order valence-electron chi connectivity index (χ2n) is 8.30. The zero-order valence-electron chi connectivity index (χ0n) is 18.9. The molecule has 2 amide bonds. The van der Waals surface area contributed by atoms with Crippen molar-refractivity contribution in [3.05, 3.63) is 65.6 Å². The second kappa shape index (κ2) is 10.4. The molecule has 0 bridgehead atoms. The molecule has 0 saturated carbocycles. The van der Waals surface area contributed by atoms with Gasteiger partial charge in [-0.1, -0.05) is 32.0 Å². The van der Waals surface area contributed by atoms with Gasteiger partial charge in [-0.25, -0.2) is 4.39 Å². The third kappa shape index (κ3) is 5.73. The molecule has 0 atom stereocenters. The van der Waals surface area contributed by atoms with Crippen LogP contribution in [0.15, 0.2) is 54.2 Å². The minimum absolute atomic E-state index is 0.0153. The van der Waals surface area contributed by atoms with E-state index in [1.54, 1.807) is 30.3 Å². The summed E-state index contributed by atoms with van der Waals surface area (Å²) in [4.78, 5) is 27.5. The van der Waals surface area contributed by atoms with Crippen molar-refractivity contribution in [1.82, 2.24) is 4.90 Å². The Morgan fingerprint density at radius 3 is 2.34 bits per heavy atom. The summed E-state index contributed by atoms with van der Waals surface area (Å²) in [6.07, 6.45) is -0.0153. The van der Waals surface area contributed by atoms with Crippen molar-refractivity contribution in [2.24, 2.45) is 5.92 Å². The summed E-state index contributed by atoms with van der Waals surface area (Å²) in [6.45, 7) is 8.83. The molecule has 6 nitrogen and oxygen atoms in total. The van der Waals surface area contributed by atoms with Crippen LogP contribution in [0.2, 0.25) is 0 Å². The third-order valence-corrected chi connectivity index (χ3v) is 4.75. The van der Waals surface area contributed by atoms with Gasteiger partial charge in [0, 0.05) is 5.69 Å². The molecule has 32 heavy (non-hydrogen) atoms. The summed E-state index contributed by atoms with van der Waals surface area (Å²) >= 11 is 0. The summed E-state index contributed by atoms with van der Waals surface area (Å²) in [7, 11) is 0. The van der Waals surface area contributed by atoms with Gasteiger partial charge in [0.25, 0.3) is 11.8 Å². The van der Waals surface area contributed by atoms with Gasteiger partial charge in [0.05, 0.1) is 31.4 Å². The minimum atomic E-state index is -0.471. The zero-order valence-corrected chi connectivity index (χ0v) is 18.9. The molecule has 1 heterocycles. The zero-order chi connectivity index (χ0) is 23.3. The monoisotopic (exact) mass is 440 g/mol. The van der Waals surface area contributed by atoms with E-state index in [1.165, 1.54) is 18.2 Å². The average molecular weight is 441 g/mol. The quantitative estimate of drug-likeness (QED) is 0.552. The van der Waals surface area contributed by atoms with Crippen molar-refractivity contribution < 1.29 is 23.5 Å². The van der Waals surface area contributed by atoms with Crippen LogP contribution in [0.25, 0.3) is 5.57 Å². The molecular weight excluding hydrogens is 411 g/mol.